The first-order valence-corrected chi connectivity index (χ1v) is 10.9. The molecule has 0 aliphatic rings. The molecule has 3 aromatic rings. The number of rotatable bonds is 8. The van der Waals surface area contributed by atoms with Gasteiger partial charge in [-0.3, -0.25) is 14.9 Å². The number of halogens is 1. The Morgan fingerprint density at radius 3 is 2.47 bits per heavy atom. The molecule has 3 rings (SSSR count). The van der Waals surface area contributed by atoms with Crippen molar-refractivity contribution in [2.45, 2.75) is 25.5 Å². The maximum Gasteiger partial charge on any atom is 0.312 e. The van der Waals surface area contributed by atoms with E-state index in [0.29, 0.717) is 15.7 Å². The van der Waals surface area contributed by atoms with Gasteiger partial charge in [0.25, 0.3) is 5.91 Å². The number of hydrogen-bond acceptors (Lipinski definition) is 6. The average molecular weight is 473 g/mol. The van der Waals surface area contributed by atoms with Crippen molar-refractivity contribution in [2.24, 2.45) is 5.73 Å². The molecule has 10 heteroatoms. The van der Waals surface area contributed by atoms with Gasteiger partial charge in [0.15, 0.2) is 11.2 Å². The molecule has 166 valence electrons. The first kappa shape index (κ1) is 23.2. The molecular formula is C22H21ClN4O4S. The molecule has 0 saturated heterocycles. The van der Waals surface area contributed by atoms with E-state index in [-0.39, 0.29) is 6.42 Å². The van der Waals surface area contributed by atoms with Crippen LogP contribution < -0.4 is 16.4 Å². The molecule has 0 bridgehead atoms. The lowest BCUT2D eigenvalue weighted by Gasteiger charge is -2.19. The number of aromatic nitrogens is 1. The summed E-state index contributed by atoms with van der Waals surface area (Å²) in [6.45, 7) is 1.46. The van der Waals surface area contributed by atoms with Gasteiger partial charge in [-0.2, -0.15) is 0 Å². The number of nitrogens with one attached hydrogen (secondary N) is 2. The third kappa shape index (κ3) is 6.53. The van der Waals surface area contributed by atoms with Gasteiger partial charge < -0.3 is 15.8 Å². The molecule has 2 atom stereocenters. The van der Waals surface area contributed by atoms with Gasteiger partial charge >= 0.3 is 12.0 Å². The van der Waals surface area contributed by atoms with Gasteiger partial charge in [-0.15, -0.1) is 11.3 Å². The van der Waals surface area contributed by atoms with Crippen molar-refractivity contribution in [1.82, 2.24) is 10.3 Å². The summed E-state index contributed by atoms with van der Waals surface area (Å²) in [6.07, 6.45) is -1.27. The molecule has 32 heavy (non-hydrogen) atoms. The van der Waals surface area contributed by atoms with E-state index in [1.54, 1.807) is 24.3 Å². The lowest BCUT2D eigenvalue weighted by atomic mass is 10.0. The van der Waals surface area contributed by atoms with Gasteiger partial charge in [0.05, 0.1) is 18.2 Å². The topological polar surface area (TPSA) is 123 Å². The van der Waals surface area contributed by atoms with Gasteiger partial charge in [-0.05, 0) is 24.6 Å². The predicted molar refractivity (Wildman–Crippen MR) is 123 cm³/mol. The number of anilines is 1. The molecule has 2 unspecified atom stereocenters. The zero-order valence-electron chi connectivity index (χ0n) is 17.1. The number of carbonyl (C=O) groups excluding carboxylic acids is 3. The van der Waals surface area contributed by atoms with Crippen molar-refractivity contribution in [3.63, 3.8) is 0 Å². The highest BCUT2D eigenvalue weighted by Gasteiger charge is 2.23. The molecule has 0 aliphatic carbocycles. The maximum absolute atomic E-state index is 12.4. The number of amides is 3. The van der Waals surface area contributed by atoms with Crippen LogP contribution in [0.2, 0.25) is 5.02 Å². The number of ether oxygens (including phenoxy) is 1. The number of primary amides is 1. The first-order valence-electron chi connectivity index (χ1n) is 9.64. The Bertz CT molecular complexity index is 1090. The quantitative estimate of drug-likeness (QED) is 0.425. The third-order valence-electron chi connectivity index (χ3n) is 4.44. The van der Waals surface area contributed by atoms with E-state index in [4.69, 9.17) is 22.1 Å². The molecule has 1 aromatic heterocycles. The third-order valence-corrected chi connectivity index (χ3v) is 5.45. The molecule has 4 N–H and O–H groups in total. The first-order chi connectivity index (χ1) is 15.3. The predicted octanol–water partition coefficient (Wildman–Crippen LogP) is 4.13. The molecule has 0 aliphatic heterocycles. The summed E-state index contributed by atoms with van der Waals surface area (Å²) in [5.41, 5.74) is 7.51. The highest BCUT2D eigenvalue weighted by molar-refractivity contribution is 7.14. The molecule has 1 heterocycles. The van der Waals surface area contributed by atoms with Crippen LogP contribution in [0.5, 0.6) is 0 Å². The van der Waals surface area contributed by atoms with Crippen LogP contribution in [0.1, 0.15) is 24.9 Å². The minimum atomic E-state index is -1.06. The molecular weight excluding hydrogens is 452 g/mol. The van der Waals surface area contributed by atoms with Gasteiger partial charge in [0.1, 0.15) is 0 Å². The van der Waals surface area contributed by atoms with Crippen LogP contribution in [-0.4, -0.2) is 29.0 Å². The van der Waals surface area contributed by atoms with Crippen molar-refractivity contribution in [1.29, 1.82) is 0 Å². The van der Waals surface area contributed by atoms with Crippen molar-refractivity contribution >= 4 is 46.0 Å². The van der Waals surface area contributed by atoms with E-state index in [2.05, 4.69) is 15.6 Å². The minimum Gasteiger partial charge on any atom is -0.452 e. The van der Waals surface area contributed by atoms with Gasteiger partial charge in [0.2, 0.25) is 0 Å². The Kier molecular flexibility index (Phi) is 7.80. The Hall–Kier alpha value is -3.43. The van der Waals surface area contributed by atoms with Crippen LogP contribution in [0.3, 0.4) is 0 Å². The Labute approximate surface area is 193 Å². The number of esters is 1. The second kappa shape index (κ2) is 10.7. The summed E-state index contributed by atoms with van der Waals surface area (Å²) in [4.78, 5) is 40.6. The zero-order chi connectivity index (χ0) is 23.1. The number of carbonyl (C=O) groups is 3. The van der Waals surface area contributed by atoms with E-state index >= 15 is 0 Å². The number of urea groups is 1. The lowest BCUT2D eigenvalue weighted by Crippen LogP contribution is -2.36. The van der Waals surface area contributed by atoms with E-state index in [9.17, 15) is 14.4 Å². The Morgan fingerprint density at radius 2 is 1.81 bits per heavy atom. The smallest absolute Gasteiger partial charge is 0.312 e. The molecule has 2 aromatic carbocycles. The SMILES string of the molecule is CC(OC(=O)CC(NC(N)=O)c1ccc(Cl)cc1)C(=O)Nc1nc(-c2ccccc2)cs1. The average Bonchev–Trinajstić information content (AvgIpc) is 3.22. The van der Waals surface area contributed by atoms with E-state index < -0.39 is 30.1 Å². The fourth-order valence-electron chi connectivity index (χ4n) is 2.86. The summed E-state index contributed by atoms with van der Waals surface area (Å²) < 4.78 is 5.24. The Morgan fingerprint density at radius 1 is 1.12 bits per heavy atom. The summed E-state index contributed by atoms with van der Waals surface area (Å²) in [5.74, 6) is -1.19. The molecule has 0 radical (unpaired) electrons. The van der Waals surface area contributed by atoms with Crippen molar-refractivity contribution in [2.75, 3.05) is 5.32 Å². The summed E-state index contributed by atoms with van der Waals surface area (Å²) in [6, 6.07) is 14.6. The number of benzene rings is 2. The summed E-state index contributed by atoms with van der Waals surface area (Å²) in [7, 11) is 0. The van der Waals surface area contributed by atoms with Gasteiger partial charge in [-0.25, -0.2) is 9.78 Å². The largest absolute Gasteiger partial charge is 0.452 e. The second-order valence-electron chi connectivity index (χ2n) is 6.84. The molecule has 3 amide bonds. The normalized spacial score (nSPS) is 12.4. The number of hydrogen-bond donors (Lipinski definition) is 3. The van der Waals surface area contributed by atoms with Crippen LogP contribution in [0, 0.1) is 0 Å². The van der Waals surface area contributed by atoms with Crippen LogP contribution >= 0.6 is 22.9 Å². The molecule has 0 saturated carbocycles. The monoisotopic (exact) mass is 472 g/mol. The van der Waals surface area contributed by atoms with Crippen molar-refractivity contribution in [3.05, 3.63) is 70.6 Å². The standard InChI is InChI=1S/C22H21ClN4O4S/c1-13(20(29)27-22-26-18(12-32-22)14-5-3-2-4-6-14)31-19(28)11-17(25-21(24)30)15-7-9-16(23)10-8-15/h2-10,12-13,17H,11H2,1H3,(H3,24,25,30)(H,26,27,29). The van der Waals surface area contributed by atoms with Crippen molar-refractivity contribution < 1.29 is 19.1 Å². The highest BCUT2D eigenvalue weighted by Crippen LogP contribution is 2.25. The summed E-state index contributed by atoms with van der Waals surface area (Å²) in [5, 5.41) is 7.87. The van der Waals surface area contributed by atoms with Crippen LogP contribution in [0.25, 0.3) is 11.3 Å². The van der Waals surface area contributed by atoms with Crippen LogP contribution in [0.15, 0.2) is 60.0 Å². The van der Waals surface area contributed by atoms with Gasteiger partial charge in [-0.1, -0.05) is 54.1 Å². The van der Waals surface area contributed by atoms with Crippen LogP contribution in [-0.2, 0) is 14.3 Å². The molecule has 0 spiro atoms. The minimum absolute atomic E-state index is 0.211. The zero-order valence-corrected chi connectivity index (χ0v) is 18.7. The molecule has 0 fully saturated rings. The summed E-state index contributed by atoms with van der Waals surface area (Å²) >= 11 is 7.15. The van der Waals surface area contributed by atoms with E-state index in [1.807, 2.05) is 35.7 Å². The number of nitrogens with zero attached hydrogens (tertiary/aromatic N) is 1. The van der Waals surface area contributed by atoms with Crippen molar-refractivity contribution in [3.8, 4) is 11.3 Å². The fourth-order valence-corrected chi connectivity index (χ4v) is 3.71. The number of thiazole rings is 1. The molecule has 8 nitrogen and oxygen atoms in total. The van der Waals surface area contributed by atoms with Crippen LogP contribution in [0.4, 0.5) is 9.93 Å². The van der Waals surface area contributed by atoms with Gasteiger partial charge in [0, 0.05) is 16.0 Å². The highest BCUT2D eigenvalue weighted by atomic mass is 35.5. The Balaban J connectivity index is 1.57. The fraction of sp³-hybridized carbons (Fsp3) is 0.182. The number of nitrogens with two attached hydrogens (primary N) is 1. The maximum atomic E-state index is 12.4. The second-order valence-corrected chi connectivity index (χ2v) is 8.14. The lowest BCUT2D eigenvalue weighted by molar-refractivity contribution is -0.153. The van der Waals surface area contributed by atoms with E-state index in [1.165, 1.54) is 18.3 Å². The van der Waals surface area contributed by atoms with E-state index in [0.717, 1.165) is 11.3 Å².